The van der Waals surface area contributed by atoms with Gasteiger partial charge in [0, 0.05) is 25.3 Å². The first kappa shape index (κ1) is 11.7. The summed E-state index contributed by atoms with van der Waals surface area (Å²) in [5.74, 6) is 0. The summed E-state index contributed by atoms with van der Waals surface area (Å²) in [6, 6.07) is 5.38. The van der Waals surface area contributed by atoms with Gasteiger partial charge in [-0.05, 0) is 36.6 Å². The van der Waals surface area contributed by atoms with Gasteiger partial charge in [-0.25, -0.2) is 8.42 Å². The van der Waals surface area contributed by atoms with Crippen LogP contribution in [0.2, 0.25) is 0 Å². The largest absolute Gasteiger partial charge is 0.384 e. The van der Waals surface area contributed by atoms with Crippen LogP contribution in [0.3, 0.4) is 0 Å². The zero-order chi connectivity index (χ0) is 12.6. The zero-order valence-corrected chi connectivity index (χ0v) is 10.9. The second kappa shape index (κ2) is 4.40. The summed E-state index contributed by atoms with van der Waals surface area (Å²) in [5, 5.41) is 3.24. The smallest absolute Gasteiger partial charge is 0.243 e. The fraction of sp³-hybridized carbons (Fsp3) is 0.385. The van der Waals surface area contributed by atoms with Crippen molar-refractivity contribution in [2.24, 2.45) is 0 Å². The average Bonchev–Trinajstić information content (AvgIpc) is 2.87. The van der Waals surface area contributed by atoms with Gasteiger partial charge in [-0.1, -0.05) is 12.2 Å². The summed E-state index contributed by atoms with van der Waals surface area (Å²) in [7, 11) is -3.33. The highest BCUT2D eigenvalue weighted by Gasteiger charge is 2.25. The van der Waals surface area contributed by atoms with Gasteiger partial charge >= 0.3 is 0 Å². The molecule has 1 aromatic rings. The van der Waals surface area contributed by atoms with Gasteiger partial charge in [0.25, 0.3) is 0 Å². The number of nitrogens with one attached hydrogen (secondary N) is 1. The molecule has 3 rings (SSSR count). The third kappa shape index (κ3) is 1.93. The van der Waals surface area contributed by atoms with Crippen molar-refractivity contribution in [1.29, 1.82) is 0 Å². The third-order valence-corrected chi connectivity index (χ3v) is 5.31. The minimum absolute atomic E-state index is 0.417. The molecule has 0 saturated carbocycles. The van der Waals surface area contributed by atoms with Crippen molar-refractivity contribution in [3.63, 3.8) is 0 Å². The normalized spacial score (nSPS) is 19.6. The first-order chi connectivity index (χ1) is 8.68. The SMILES string of the molecule is O=S(=O)(c1ccc2c(c1)CCN2)N1CC=CCC1. The maximum absolute atomic E-state index is 12.5. The molecule has 0 fully saturated rings. The van der Waals surface area contributed by atoms with Crippen molar-refractivity contribution in [2.45, 2.75) is 17.7 Å². The van der Waals surface area contributed by atoms with Crippen LogP contribution in [-0.4, -0.2) is 32.4 Å². The Labute approximate surface area is 107 Å². The molecule has 0 amide bonds. The van der Waals surface area contributed by atoms with Crippen LogP contribution in [0.5, 0.6) is 0 Å². The van der Waals surface area contributed by atoms with E-state index in [0.29, 0.717) is 18.0 Å². The molecule has 1 aromatic carbocycles. The molecular formula is C13H16N2O2S. The standard InChI is InChI=1S/C13H16N2O2S/c16-18(17,15-8-2-1-3-9-15)12-4-5-13-11(10-12)6-7-14-13/h1-2,4-5,10,14H,3,6-9H2. The van der Waals surface area contributed by atoms with Crippen LogP contribution in [-0.2, 0) is 16.4 Å². The molecule has 0 radical (unpaired) electrons. The van der Waals surface area contributed by atoms with E-state index in [1.165, 1.54) is 4.31 Å². The van der Waals surface area contributed by atoms with Crippen LogP contribution >= 0.6 is 0 Å². The molecule has 96 valence electrons. The van der Waals surface area contributed by atoms with Crippen molar-refractivity contribution in [3.05, 3.63) is 35.9 Å². The Morgan fingerprint density at radius 2 is 2.11 bits per heavy atom. The van der Waals surface area contributed by atoms with Gasteiger partial charge in [0.15, 0.2) is 0 Å². The minimum Gasteiger partial charge on any atom is -0.384 e. The molecule has 2 aliphatic heterocycles. The van der Waals surface area contributed by atoms with Crippen molar-refractivity contribution < 1.29 is 8.42 Å². The van der Waals surface area contributed by atoms with E-state index in [4.69, 9.17) is 0 Å². The highest BCUT2D eigenvalue weighted by molar-refractivity contribution is 7.89. The van der Waals surface area contributed by atoms with E-state index in [0.717, 1.165) is 30.6 Å². The van der Waals surface area contributed by atoms with Crippen molar-refractivity contribution >= 4 is 15.7 Å². The number of hydrogen-bond donors (Lipinski definition) is 1. The summed E-state index contributed by atoms with van der Waals surface area (Å²) in [5.41, 5.74) is 2.16. The summed E-state index contributed by atoms with van der Waals surface area (Å²) in [4.78, 5) is 0.417. The topological polar surface area (TPSA) is 49.4 Å². The van der Waals surface area contributed by atoms with E-state index < -0.39 is 10.0 Å². The molecule has 0 saturated heterocycles. The van der Waals surface area contributed by atoms with E-state index in [1.807, 2.05) is 24.3 Å². The molecule has 0 aliphatic carbocycles. The molecule has 0 atom stereocenters. The fourth-order valence-corrected chi connectivity index (χ4v) is 3.89. The lowest BCUT2D eigenvalue weighted by Gasteiger charge is -2.23. The van der Waals surface area contributed by atoms with Gasteiger partial charge in [-0.15, -0.1) is 0 Å². The molecule has 0 bridgehead atoms. The predicted octanol–water partition coefficient (Wildman–Crippen LogP) is 1.61. The van der Waals surface area contributed by atoms with Crippen LogP contribution in [0.25, 0.3) is 0 Å². The van der Waals surface area contributed by atoms with Crippen LogP contribution in [0.4, 0.5) is 5.69 Å². The van der Waals surface area contributed by atoms with Gasteiger partial charge in [0.2, 0.25) is 10.0 Å². The molecule has 2 heterocycles. The van der Waals surface area contributed by atoms with Gasteiger partial charge in [0.05, 0.1) is 4.90 Å². The molecule has 0 unspecified atom stereocenters. The third-order valence-electron chi connectivity index (χ3n) is 3.45. The lowest BCUT2D eigenvalue weighted by molar-refractivity contribution is 0.437. The van der Waals surface area contributed by atoms with Crippen LogP contribution in [0, 0.1) is 0 Å². The Balaban J connectivity index is 1.96. The van der Waals surface area contributed by atoms with Gasteiger partial charge in [-0.2, -0.15) is 4.31 Å². The Bertz CT molecular complexity index is 593. The molecule has 4 nitrogen and oxygen atoms in total. The maximum atomic E-state index is 12.5. The van der Waals surface area contributed by atoms with Crippen LogP contribution in [0.1, 0.15) is 12.0 Å². The molecule has 18 heavy (non-hydrogen) atoms. The number of anilines is 1. The van der Waals surface area contributed by atoms with Crippen molar-refractivity contribution in [3.8, 4) is 0 Å². The molecular weight excluding hydrogens is 248 g/mol. The van der Waals surface area contributed by atoms with E-state index in [9.17, 15) is 8.42 Å². The van der Waals surface area contributed by atoms with E-state index in [1.54, 1.807) is 6.07 Å². The Hall–Kier alpha value is -1.33. The molecule has 2 aliphatic rings. The highest BCUT2D eigenvalue weighted by Crippen LogP contribution is 2.27. The Morgan fingerprint density at radius 1 is 1.22 bits per heavy atom. The summed E-state index contributed by atoms with van der Waals surface area (Å²) in [6.45, 7) is 1.96. The number of rotatable bonds is 2. The second-order valence-corrected chi connectivity index (χ2v) is 6.56. The predicted molar refractivity (Wildman–Crippen MR) is 71.2 cm³/mol. The van der Waals surface area contributed by atoms with E-state index in [2.05, 4.69) is 5.32 Å². The summed E-state index contributed by atoms with van der Waals surface area (Å²) in [6.07, 6.45) is 5.64. The van der Waals surface area contributed by atoms with Crippen molar-refractivity contribution in [2.75, 3.05) is 25.0 Å². The molecule has 1 N–H and O–H groups in total. The summed E-state index contributed by atoms with van der Waals surface area (Å²) >= 11 is 0. The van der Waals surface area contributed by atoms with Gasteiger partial charge < -0.3 is 5.32 Å². The van der Waals surface area contributed by atoms with Crippen molar-refractivity contribution in [1.82, 2.24) is 4.31 Å². The first-order valence-electron chi connectivity index (χ1n) is 6.20. The summed E-state index contributed by atoms with van der Waals surface area (Å²) < 4.78 is 26.5. The maximum Gasteiger partial charge on any atom is 0.243 e. The van der Waals surface area contributed by atoms with Gasteiger partial charge in [-0.3, -0.25) is 0 Å². The number of fused-ring (bicyclic) bond motifs is 1. The van der Waals surface area contributed by atoms with E-state index in [-0.39, 0.29) is 0 Å². The zero-order valence-electron chi connectivity index (χ0n) is 10.1. The van der Waals surface area contributed by atoms with Crippen LogP contribution in [0.15, 0.2) is 35.2 Å². The minimum atomic E-state index is -3.33. The molecule has 0 spiro atoms. The monoisotopic (exact) mass is 264 g/mol. The molecule has 5 heteroatoms. The van der Waals surface area contributed by atoms with E-state index >= 15 is 0 Å². The lowest BCUT2D eigenvalue weighted by Crippen LogP contribution is -2.33. The number of nitrogens with zero attached hydrogens (tertiary/aromatic N) is 1. The molecule has 0 aromatic heterocycles. The van der Waals surface area contributed by atoms with Crippen LogP contribution < -0.4 is 5.32 Å². The number of benzene rings is 1. The van der Waals surface area contributed by atoms with Gasteiger partial charge in [0.1, 0.15) is 0 Å². The number of hydrogen-bond acceptors (Lipinski definition) is 3. The lowest BCUT2D eigenvalue weighted by atomic mass is 10.2. The number of sulfonamides is 1. The fourth-order valence-electron chi connectivity index (χ4n) is 2.43. The Kier molecular flexibility index (Phi) is 2.87. The second-order valence-electron chi connectivity index (χ2n) is 4.62. The highest BCUT2D eigenvalue weighted by atomic mass is 32.2. The first-order valence-corrected chi connectivity index (χ1v) is 7.64. The average molecular weight is 264 g/mol. The quantitative estimate of drug-likeness (QED) is 0.826. The Morgan fingerprint density at radius 3 is 2.89 bits per heavy atom.